The molecule has 0 atom stereocenters. The SMILES string of the molecule is c1ccc(CCc2ccccc2-c2nc(-c3ccccc3)no2)cc1. The quantitative estimate of drug-likeness (QED) is 0.507. The fraction of sp³-hybridized carbons (Fsp3) is 0.0909. The maximum absolute atomic E-state index is 5.54. The van der Waals surface area contributed by atoms with Gasteiger partial charge in [-0.2, -0.15) is 4.98 Å². The number of aryl methyl sites for hydroxylation is 2. The lowest BCUT2D eigenvalue weighted by Crippen LogP contribution is -1.94. The Bertz CT molecular complexity index is 946. The molecule has 0 saturated heterocycles. The third-order valence-corrected chi connectivity index (χ3v) is 4.23. The molecule has 3 nitrogen and oxygen atoms in total. The Labute approximate surface area is 147 Å². The fourth-order valence-corrected chi connectivity index (χ4v) is 2.91. The highest BCUT2D eigenvalue weighted by Crippen LogP contribution is 2.26. The second-order valence-corrected chi connectivity index (χ2v) is 5.93. The minimum Gasteiger partial charge on any atom is -0.334 e. The zero-order valence-electron chi connectivity index (χ0n) is 13.8. The summed E-state index contributed by atoms with van der Waals surface area (Å²) in [4.78, 5) is 4.59. The van der Waals surface area contributed by atoms with E-state index in [0.717, 1.165) is 24.0 Å². The van der Waals surface area contributed by atoms with Crippen LogP contribution in [0.25, 0.3) is 22.8 Å². The lowest BCUT2D eigenvalue weighted by molar-refractivity contribution is 0.432. The van der Waals surface area contributed by atoms with Gasteiger partial charge in [-0.15, -0.1) is 0 Å². The van der Waals surface area contributed by atoms with E-state index in [9.17, 15) is 0 Å². The van der Waals surface area contributed by atoms with Crippen molar-refractivity contribution in [2.24, 2.45) is 0 Å². The molecule has 122 valence electrons. The largest absolute Gasteiger partial charge is 0.334 e. The molecule has 3 heteroatoms. The van der Waals surface area contributed by atoms with Crippen LogP contribution < -0.4 is 0 Å². The molecule has 0 aliphatic rings. The van der Waals surface area contributed by atoms with Gasteiger partial charge in [0.1, 0.15) is 0 Å². The average Bonchev–Trinajstić information content (AvgIpc) is 3.18. The predicted molar refractivity (Wildman–Crippen MR) is 99.0 cm³/mol. The van der Waals surface area contributed by atoms with Crippen LogP contribution in [0.1, 0.15) is 11.1 Å². The van der Waals surface area contributed by atoms with Crippen LogP contribution in [0.5, 0.6) is 0 Å². The Morgan fingerprint density at radius 1 is 0.680 bits per heavy atom. The average molecular weight is 326 g/mol. The summed E-state index contributed by atoms with van der Waals surface area (Å²) in [5, 5.41) is 4.14. The second kappa shape index (κ2) is 7.14. The molecule has 3 aromatic carbocycles. The topological polar surface area (TPSA) is 38.9 Å². The first-order chi connectivity index (χ1) is 12.4. The van der Waals surface area contributed by atoms with E-state index in [2.05, 4.69) is 46.5 Å². The van der Waals surface area contributed by atoms with Crippen molar-refractivity contribution >= 4 is 0 Å². The van der Waals surface area contributed by atoms with Gasteiger partial charge in [0.15, 0.2) is 0 Å². The molecule has 0 unspecified atom stereocenters. The van der Waals surface area contributed by atoms with Crippen molar-refractivity contribution < 1.29 is 4.52 Å². The molecule has 25 heavy (non-hydrogen) atoms. The van der Waals surface area contributed by atoms with E-state index in [1.807, 2.05) is 48.5 Å². The van der Waals surface area contributed by atoms with Crippen molar-refractivity contribution in [2.45, 2.75) is 12.8 Å². The number of benzene rings is 3. The summed E-state index contributed by atoms with van der Waals surface area (Å²) >= 11 is 0. The molecule has 0 aliphatic heterocycles. The molecule has 0 saturated carbocycles. The summed E-state index contributed by atoms with van der Waals surface area (Å²) in [6.07, 6.45) is 1.92. The molecule has 0 fully saturated rings. The maximum atomic E-state index is 5.54. The summed E-state index contributed by atoms with van der Waals surface area (Å²) in [5.74, 6) is 1.19. The fourth-order valence-electron chi connectivity index (χ4n) is 2.91. The molecular weight excluding hydrogens is 308 g/mol. The lowest BCUT2D eigenvalue weighted by atomic mass is 10.00. The van der Waals surface area contributed by atoms with Crippen molar-refractivity contribution in [3.8, 4) is 22.8 Å². The van der Waals surface area contributed by atoms with Gasteiger partial charge in [0, 0.05) is 11.1 Å². The second-order valence-electron chi connectivity index (χ2n) is 5.93. The Balaban J connectivity index is 1.60. The first-order valence-corrected chi connectivity index (χ1v) is 8.41. The Kier molecular flexibility index (Phi) is 4.38. The number of nitrogens with zero attached hydrogens (tertiary/aromatic N) is 2. The third-order valence-electron chi connectivity index (χ3n) is 4.23. The van der Waals surface area contributed by atoms with Crippen LogP contribution in [-0.4, -0.2) is 10.1 Å². The van der Waals surface area contributed by atoms with Crippen LogP contribution in [0.4, 0.5) is 0 Å². The molecule has 4 rings (SSSR count). The minimum atomic E-state index is 0.572. The number of hydrogen-bond donors (Lipinski definition) is 0. The zero-order chi connectivity index (χ0) is 16.9. The number of hydrogen-bond acceptors (Lipinski definition) is 3. The summed E-state index contributed by atoms with van der Waals surface area (Å²) in [6.45, 7) is 0. The van der Waals surface area contributed by atoms with Gasteiger partial charge in [-0.05, 0) is 30.0 Å². The van der Waals surface area contributed by atoms with E-state index < -0.39 is 0 Å². The van der Waals surface area contributed by atoms with Gasteiger partial charge in [0.2, 0.25) is 5.82 Å². The smallest absolute Gasteiger partial charge is 0.258 e. The number of aromatic nitrogens is 2. The van der Waals surface area contributed by atoms with E-state index in [-0.39, 0.29) is 0 Å². The van der Waals surface area contributed by atoms with Gasteiger partial charge in [0.05, 0.1) is 0 Å². The van der Waals surface area contributed by atoms with Gasteiger partial charge >= 0.3 is 0 Å². The zero-order valence-corrected chi connectivity index (χ0v) is 13.8. The van der Waals surface area contributed by atoms with Crippen LogP contribution in [0.2, 0.25) is 0 Å². The van der Waals surface area contributed by atoms with E-state index >= 15 is 0 Å². The molecular formula is C22H18N2O. The van der Waals surface area contributed by atoms with E-state index in [0.29, 0.717) is 11.7 Å². The van der Waals surface area contributed by atoms with E-state index in [4.69, 9.17) is 4.52 Å². The summed E-state index contributed by atoms with van der Waals surface area (Å²) < 4.78 is 5.54. The summed E-state index contributed by atoms with van der Waals surface area (Å²) in [6, 6.07) is 28.6. The molecule has 1 heterocycles. The van der Waals surface area contributed by atoms with Crippen molar-refractivity contribution in [3.05, 3.63) is 96.1 Å². The highest BCUT2D eigenvalue weighted by Gasteiger charge is 2.13. The monoisotopic (exact) mass is 326 g/mol. The number of rotatable bonds is 5. The molecule has 0 spiro atoms. The van der Waals surface area contributed by atoms with Crippen LogP contribution in [0.3, 0.4) is 0 Å². The van der Waals surface area contributed by atoms with Gasteiger partial charge < -0.3 is 4.52 Å². The molecule has 0 N–H and O–H groups in total. The molecule has 0 amide bonds. The molecule has 1 aromatic heterocycles. The standard InChI is InChI=1S/C22H18N2O/c1-3-9-17(10-4-1)15-16-18-11-7-8-14-20(18)22-23-21(24-25-22)19-12-5-2-6-13-19/h1-14H,15-16H2. The van der Waals surface area contributed by atoms with Gasteiger partial charge in [-0.3, -0.25) is 0 Å². The van der Waals surface area contributed by atoms with Gasteiger partial charge in [-0.1, -0.05) is 84.0 Å². The molecule has 0 radical (unpaired) electrons. The van der Waals surface area contributed by atoms with Crippen molar-refractivity contribution in [2.75, 3.05) is 0 Å². The van der Waals surface area contributed by atoms with Crippen LogP contribution >= 0.6 is 0 Å². The Morgan fingerprint density at radius 2 is 1.36 bits per heavy atom. The van der Waals surface area contributed by atoms with Gasteiger partial charge in [0.25, 0.3) is 5.89 Å². The molecule has 0 bridgehead atoms. The first kappa shape index (κ1) is 15.3. The van der Waals surface area contributed by atoms with Crippen LogP contribution in [0, 0.1) is 0 Å². The third kappa shape index (κ3) is 3.50. The highest BCUT2D eigenvalue weighted by atomic mass is 16.5. The Hall–Kier alpha value is -3.20. The Morgan fingerprint density at radius 3 is 2.16 bits per heavy atom. The maximum Gasteiger partial charge on any atom is 0.258 e. The first-order valence-electron chi connectivity index (χ1n) is 8.41. The lowest BCUT2D eigenvalue weighted by Gasteiger charge is -2.06. The summed E-state index contributed by atoms with van der Waals surface area (Å²) in [5.41, 5.74) is 4.51. The van der Waals surface area contributed by atoms with Crippen LogP contribution in [0.15, 0.2) is 89.5 Å². The molecule has 4 aromatic rings. The normalized spacial score (nSPS) is 10.7. The van der Waals surface area contributed by atoms with Crippen molar-refractivity contribution in [1.82, 2.24) is 10.1 Å². The van der Waals surface area contributed by atoms with Gasteiger partial charge in [-0.25, -0.2) is 0 Å². The van der Waals surface area contributed by atoms with Crippen LogP contribution in [-0.2, 0) is 12.8 Å². The van der Waals surface area contributed by atoms with E-state index in [1.54, 1.807) is 0 Å². The predicted octanol–water partition coefficient (Wildman–Crippen LogP) is 5.19. The van der Waals surface area contributed by atoms with E-state index in [1.165, 1.54) is 11.1 Å². The van der Waals surface area contributed by atoms with Crippen molar-refractivity contribution in [1.29, 1.82) is 0 Å². The molecule has 0 aliphatic carbocycles. The summed E-state index contributed by atoms with van der Waals surface area (Å²) in [7, 11) is 0. The minimum absolute atomic E-state index is 0.572. The van der Waals surface area contributed by atoms with Crippen molar-refractivity contribution in [3.63, 3.8) is 0 Å². The highest BCUT2D eigenvalue weighted by molar-refractivity contribution is 5.62.